The van der Waals surface area contributed by atoms with Gasteiger partial charge in [-0.25, -0.2) is 4.99 Å². The van der Waals surface area contributed by atoms with Crippen molar-refractivity contribution in [2.75, 3.05) is 4.90 Å². The second kappa shape index (κ2) is 3.18. The standard InChI is InChI=1S/C11H9N3O2/c15-9-5-10(16)14-8-4-2-1-3-7(8)6-12-11(14)13-9/h1-6,10,15-16H. The molecule has 1 unspecified atom stereocenters. The summed E-state index contributed by atoms with van der Waals surface area (Å²) in [6.07, 6.45) is 1.99. The summed E-state index contributed by atoms with van der Waals surface area (Å²) in [6.45, 7) is 0. The number of hydrogen-bond donors (Lipinski definition) is 2. The van der Waals surface area contributed by atoms with Gasteiger partial charge < -0.3 is 10.2 Å². The van der Waals surface area contributed by atoms with Crippen molar-refractivity contribution in [2.24, 2.45) is 9.98 Å². The summed E-state index contributed by atoms with van der Waals surface area (Å²) in [5.41, 5.74) is 1.74. The van der Waals surface area contributed by atoms with Crippen LogP contribution in [0.3, 0.4) is 0 Å². The topological polar surface area (TPSA) is 68.4 Å². The molecule has 0 fully saturated rings. The van der Waals surface area contributed by atoms with Gasteiger partial charge in [0.2, 0.25) is 11.8 Å². The molecule has 1 atom stereocenters. The molecule has 0 spiro atoms. The number of guanidine groups is 1. The maximum atomic E-state index is 9.86. The lowest BCUT2D eigenvalue weighted by atomic mass is 10.1. The van der Waals surface area contributed by atoms with Gasteiger partial charge in [0.05, 0.1) is 5.69 Å². The predicted molar refractivity (Wildman–Crippen MR) is 60.7 cm³/mol. The molecule has 80 valence electrons. The first-order chi connectivity index (χ1) is 7.75. The van der Waals surface area contributed by atoms with Crippen molar-refractivity contribution < 1.29 is 10.2 Å². The Bertz CT molecular complexity index is 534. The second-order valence-corrected chi connectivity index (χ2v) is 3.54. The van der Waals surface area contributed by atoms with Gasteiger partial charge in [-0.15, -0.1) is 0 Å². The largest absolute Gasteiger partial charge is 0.493 e. The number of para-hydroxylation sites is 1. The van der Waals surface area contributed by atoms with E-state index in [2.05, 4.69) is 9.98 Å². The number of hydrogen-bond acceptors (Lipinski definition) is 5. The van der Waals surface area contributed by atoms with Crippen LogP contribution in [-0.2, 0) is 0 Å². The molecule has 0 aliphatic carbocycles. The molecule has 1 aromatic rings. The highest BCUT2D eigenvalue weighted by Crippen LogP contribution is 2.27. The lowest BCUT2D eigenvalue weighted by Gasteiger charge is -2.32. The van der Waals surface area contributed by atoms with Crippen molar-refractivity contribution >= 4 is 17.9 Å². The lowest BCUT2D eigenvalue weighted by Crippen LogP contribution is -2.43. The van der Waals surface area contributed by atoms with Gasteiger partial charge in [-0.2, -0.15) is 4.99 Å². The highest BCUT2D eigenvalue weighted by molar-refractivity contribution is 6.11. The normalized spacial score (nSPS) is 22.1. The number of fused-ring (bicyclic) bond motifs is 3. The van der Waals surface area contributed by atoms with Crippen LogP contribution in [0.5, 0.6) is 0 Å². The van der Waals surface area contributed by atoms with Crippen molar-refractivity contribution in [3.05, 3.63) is 41.8 Å². The Morgan fingerprint density at radius 3 is 2.94 bits per heavy atom. The molecule has 2 aliphatic rings. The van der Waals surface area contributed by atoms with E-state index in [-0.39, 0.29) is 5.88 Å². The minimum Gasteiger partial charge on any atom is -0.493 e. The number of aliphatic imine (C=N–C) groups is 2. The van der Waals surface area contributed by atoms with Crippen LogP contribution >= 0.6 is 0 Å². The Morgan fingerprint density at radius 1 is 1.25 bits per heavy atom. The summed E-state index contributed by atoms with van der Waals surface area (Å²) >= 11 is 0. The van der Waals surface area contributed by atoms with Gasteiger partial charge in [0, 0.05) is 17.9 Å². The highest BCUT2D eigenvalue weighted by Gasteiger charge is 2.28. The van der Waals surface area contributed by atoms with Gasteiger partial charge in [0.1, 0.15) is 0 Å². The third-order valence-electron chi connectivity index (χ3n) is 2.51. The Labute approximate surface area is 91.7 Å². The second-order valence-electron chi connectivity index (χ2n) is 3.54. The average molecular weight is 215 g/mol. The Balaban J connectivity index is 2.17. The first-order valence-electron chi connectivity index (χ1n) is 4.85. The molecule has 0 radical (unpaired) electrons. The molecular formula is C11H9N3O2. The Morgan fingerprint density at radius 2 is 2.06 bits per heavy atom. The zero-order valence-electron chi connectivity index (χ0n) is 8.28. The van der Waals surface area contributed by atoms with Crippen LogP contribution < -0.4 is 4.90 Å². The maximum Gasteiger partial charge on any atom is 0.235 e. The van der Waals surface area contributed by atoms with Crippen LogP contribution in [0.1, 0.15) is 5.56 Å². The Kier molecular flexibility index (Phi) is 1.81. The summed E-state index contributed by atoms with van der Waals surface area (Å²) in [5.74, 6) is 0.0847. The molecule has 1 aromatic carbocycles. The predicted octanol–water partition coefficient (Wildman–Crippen LogP) is 1.01. The minimum atomic E-state index is -0.939. The molecule has 3 rings (SSSR count). The fourth-order valence-electron chi connectivity index (χ4n) is 1.80. The summed E-state index contributed by atoms with van der Waals surface area (Å²) in [5, 5.41) is 19.1. The number of aliphatic hydroxyl groups excluding tert-OH is 2. The van der Waals surface area contributed by atoms with Crippen molar-refractivity contribution in [1.29, 1.82) is 0 Å². The lowest BCUT2D eigenvalue weighted by molar-refractivity contribution is 0.221. The number of rotatable bonds is 0. The molecule has 2 heterocycles. The first-order valence-corrected chi connectivity index (χ1v) is 4.85. The Hall–Kier alpha value is -2.14. The van der Waals surface area contributed by atoms with E-state index in [1.165, 1.54) is 6.08 Å². The smallest absolute Gasteiger partial charge is 0.235 e. The van der Waals surface area contributed by atoms with Gasteiger partial charge in [0.25, 0.3) is 0 Å². The molecule has 0 amide bonds. The molecule has 0 bridgehead atoms. The zero-order valence-corrected chi connectivity index (χ0v) is 8.28. The SMILES string of the molecule is OC1=CC(O)N2C(=N1)N=Cc1ccccc12. The number of anilines is 1. The summed E-state index contributed by atoms with van der Waals surface area (Å²) in [4.78, 5) is 9.50. The summed E-state index contributed by atoms with van der Waals surface area (Å²) < 4.78 is 0. The highest BCUT2D eigenvalue weighted by atomic mass is 16.3. The molecule has 0 saturated carbocycles. The molecule has 0 saturated heterocycles. The summed E-state index contributed by atoms with van der Waals surface area (Å²) in [7, 11) is 0. The van der Waals surface area contributed by atoms with E-state index in [0.29, 0.717) is 5.96 Å². The zero-order chi connectivity index (χ0) is 11.1. The van der Waals surface area contributed by atoms with E-state index in [9.17, 15) is 10.2 Å². The molecular weight excluding hydrogens is 206 g/mol. The van der Waals surface area contributed by atoms with Crippen LogP contribution in [0, 0.1) is 0 Å². The minimum absolute atomic E-state index is 0.213. The number of benzene rings is 1. The fraction of sp³-hybridized carbons (Fsp3) is 0.0909. The van der Waals surface area contributed by atoms with Crippen LogP contribution in [0.25, 0.3) is 0 Å². The molecule has 16 heavy (non-hydrogen) atoms. The first kappa shape index (κ1) is 9.11. The number of aliphatic hydroxyl groups is 2. The fourth-order valence-corrected chi connectivity index (χ4v) is 1.80. The van der Waals surface area contributed by atoms with Crippen molar-refractivity contribution in [2.45, 2.75) is 6.23 Å². The van der Waals surface area contributed by atoms with E-state index in [1.807, 2.05) is 24.3 Å². The van der Waals surface area contributed by atoms with Crippen LogP contribution in [0.4, 0.5) is 5.69 Å². The van der Waals surface area contributed by atoms with Gasteiger partial charge in [-0.05, 0) is 6.07 Å². The maximum absolute atomic E-state index is 9.86. The molecule has 0 aromatic heterocycles. The monoisotopic (exact) mass is 215 g/mol. The van der Waals surface area contributed by atoms with Crippen LogP contribution in [0.15, 0.2) is 46.2 Å². The number of nitrogens with zero attached hydrogens (tertiary/aromatic N) is 3. The van der Waals surface area contributed by atoms with E-state index in [4.69, 9.17) is 0 Å². The van der Waals surface area contributed by atoms with Crippen LogP contribution in [-0.4, -0.2) is 28.6 Å². The van der Waals surface area contributed by atoms with Gasteiger partial charge >= 0.3 is 0 Å². The van der Waals surface area contributed by atoms with Crippen molar-refractivity contribution in [3.63, 3.8) is 0 Å². The molecule has 2 N–H and O–H groups in total. The van der Waals surface area contributed by atoms with Crippen LogP contribution in [0.2, 0.25) is 0 Å². The van der Waals surface area contributed by atoms with E-state index in [0.717, 1.165) is 11.3 Å². The quantitative estimate of drug-likeness (QED) is 0.678. The molecule has 5 heteroatoms. The third kappa shape index (κ3) is 1.22. The van der Waals surface area contributed by atoms with Gasteiger partial charge in [-0.1, -0.05) is 18.2 Å². The van der Waals surface area contributed by atoms with Gasteiger partial charge in [0.15, 0.2) is 6.23 Å². The van der Waals surface area contributed by atoms with Crippen molar-refractivity contribution in [3.8, 4) is 0 Å². The average Bonchev–Trinajstić information content (AvgIpc) is 2.28. The van der Waals surface area contributed by atoms with E-state index < -0.39 is 6.23 Å². The van der Waals surface area contributed by atoms with E-state index in [1.54, 1.807) is 11.1 Å². The third-order valence-corrected chi connectivity index (χ3v) is 2.51. The molecule has 5 nitrogen and oxygen atoms in total. The molecule has 2 aliphatic heterocycles. The van der Waals surface area contributed by atoms with Gasteiger partial charge in [-0.3, -0.25) is 4.90 Å². The van der Waals surface area contributed by atoms with Crippen molar-refractivity contribution in [1.82, 2.24) is 0 Å². The summed E-state index contributed by atoms with van der Waals surface area (Å²) in [6, 6.07) is 7.55. The van der Waals surface area contributed by atoms with E-state index >= 15 is 0 Å².